The number of likely N-dealkylation sites (N-methyl/N-ethyl adjacent to an activating group) is 1. The molecule has 1 saturated heterocycles. The summed E-state index contributed by atoms with van der Waals surface area (Å²) in [6, 6.07) is 0. The predicted octanol–water partition coefficient (Wildman–Crippen LogP) is 0.822. The Hall–Kier alpha value is -1.10. The second kappa shape index (κ2) is 5.11. The molecule has 0 unspecified atom stereocenters. The van der Waals surface area contributed by atoms with Crippen LogP contribution in [0.3, 0.4) is 0 Å². The fourth-order valence-corrected chi connectivity index (χ4v) is 1.80. The summed E-state index contributed by atoms with van der Waals surface area (Å²) in [7, 11) is 1.92. The summed E-state index contributed by atoms with van der Waals surface area (Å²) >= 11 is 0. The number of nitrogens with one attached hydrogen (secondary N) is 1. The van der Waals surface area contributed by atoms with Gasteiger partial charge in [0.05, 0.1) is 0 Å². The lowest BCUT2D eigenvalue weighted by Crippen LogP contribution is -2.30. The molecule has 2 rings (SSSR count). The Labute approximate surface area is 89.8 Å². The minimum atomic E-state index is 0.727. The van der Waals surface area contributed by atoms with Crippen LogP contribution in [0.15, 0.2) is 4.52 Å². The van der Waals surface area contributed by atoms with Gasteiger partial charge in [-0.25, -0.2) is 0 Å². The second-order valence-electron chi connectivity index (χ2n) is 3.89. The fraction of sp³-hybridized carbons (Fsp3) is 0.800. The van der Waals surface area contributed by atoms with Gasteiger partial charge >= 0.3 is 0 Å². The second-order valence-corrected chi connectivity index (χ2v) is 3.89. The van der Waals surface area contributed by atoms with E-state index in [9.17, 15) is 0 Å². The molecule has 1 aromatic rings. The highest BCUT2D eigenvalue weighted by Crippen LogP contribution is 2.16. The summed E-state index contributed by atoms with van der Waals surface area (Å²) in [6.07, 6.45) is 4.60. The summed E-state index contributed by atoms with van der Waals surface area (Å²) in [6.45, 7) is 3.00. The molecule has 1 aliphatic heterocycles. The molecule has 0 saturated carbocycles. The number of piperidine rings is 1. The third-order valence-corrected chi connectivity index (χ3v) is 2.69. The van der Waals surface area contributed by atoms with Gasteiger partial charge in [0.2, 0.25) is 5.89 Å². The Kier molecular flexibility index (Phi) is 3.55. The van der Waals surface area contributed by atoms with E-state index in [1.807, 2.05) is 7.05 Å². The zero-order valence-electron chi connectivity index (χ0n) is 9.20. The number of rotatable bonds is 4. The maximum absolute atomic E-state index is 5.18. The van der Waals surface area contributed by atoms with Crippen LogP contribution in [-0.4, -0.2) is 36.8 Å². The third kappa shape index (κ3) is 2.68. The van der Waals surface area contributed by atoms with Crippen molar-refractivity contribution in [2.45, 2.75) is 25.7 Å². The van der Waals surface area contributed by atoms with Crippen molar-refractivity contribution < 1.29 is 4.52 Å². The van der Waals surface area contributed by atoms with Crippen LogP contribution in [0.2, 0.25) is 0 Å². The summed E-state index contributed by atoms with van der Waals surface area (Å²) in [5.41, 5.74) is 0. The molecular weight excluding hydrogens is 192 g/mol. The molecule has 0 radical (unpaired) electrons. The first kappa shape index (κ1) is 10.4. The molecule has 1 fully saturated rings. The van der Waals surface area contributed by atoms with Gasteiger partial charge in [0, 0.05) is 26.1 Å². The van der Waals surface area contributed by atoms with Crippen molar-refractivity contribution in [1.82, 2.24) is 15.5 Å². The van der Waals surface area contributed by atoms with Crippen molar-refractivity contribution in [2.75, 3.05) is 31.6 Å². The Morgan fingerprint density at radius 2 is 2.13 bits per heavy atom. The molecule has 0 atom stereocenters. The molecule has 84 valence electrons. The van der Waals surface area contributed by atoms with E-state index in [-0.39, 0.29) is 0 Å². The van der Waals surface area contributed by atoms with Crippen LogP contribution in [-0.2, 0) is 6.42 Å². The lowest BCUT2D eigenvalue weighted by Gasteiger charge is -2.24. The van der Waals surface area contributed by atoms with Gasteiger partial charge in [0.15, 0.2) is 0 Å². The van der Waals surface area contributed by atoms with Gasteiger partial charge in [0.25, 0.3) is 5.95 Å². The molecule has 0 amide bonds. The zero-order valence-corrected chi connectivity index (χ0v) is 9.20. The molecule has 15 heavy (non-hydrogen) atoms. The van der Waals surface area contributed by atoms with Crippen molar-refractivity contribution in [3.05, 3.63) is 5.89 Å². The lowest BCUT2D eigenvalue weighted by atomic mass is 10.1. The monoisotopic (exact) mass is 210 g/mol. The third-order valence-electron chi connectivity index (χ3n) is 2.69. The number of aromatic nitrogens is 2. The normalized spacial score (nSPS) is 17.0. The molecule has 0 aliphatic carbocycles. The molecule has 0 aromatic carbocycles. The molecule has 0 bridgehead atoms. The average molecular weight is 210 g/mol. The lowest BCUT2D eigenvalue weighted by molar-refractivity contribution is 0.375. The summed E-state index contributed by atoms with van der Waals surface area (Å²) in [4.78, 5) is 6.58. The number of anilines is 1. The molecular formula is C10H18N4O. The van der Waals surface area contributed by atoms with Gasteiger partial charge < -0.3 is 14.7 Å². The smallest absolute Gasteiger partial charge is 0.266 e. The predicted molar refractivity (Wildman–Crippen MR) is 58.0 cm³/mol. The first-order valence-corrected chi connectivity index (χ1v) is 5.62. The number of hydrogen-bond donors (Lipinski definition) is 1. The van der Waals surface area contributed by atoms with Gasteiger partial charge in [-0.1, -0.05) is 0 Å². The summed E-state index contributed by atoms with van der Waals surface area (Å²) < 4.78 is 5.18. The summed E-state index contributed by atoms with van der Waals surface area (Å²) in [5, 5.41) is 7.07. The van der Waals surface area contributed by atoms with E-state index in [1.54, 1.807) is 0 Å². The van der Waals surface area contributed by atoms with Crippen LogP contribution >= 0.6 is 0 Å². The van der Waals surface area contributed by atoms with E-state index in [0.29, 0.717) is 0 Å². The molecule has 0 spiro atoms. The van der Waals surface area contributed by atoms with Crippen LogP contribution in [0.25, 0.3) is 0 Å². The number of nitrogens with zero attached hydrogens (tertiary/aromatic N) is 3. The Morgan fingerprint density at radius 1 is 1.33 bits per heavy atom. The van der Waals surface area contributed by atoms with Gasteiger partial charge in [-0.2, -0.15) is 4.98 Å². The minimum absolute atomic E-state index is 0.727. The SMILES string of the molecule is CNCCc1nc(N2CCCCC2)no1. The molecule has 2 heterocycles. The Bertz CT molecular complexity index is 293. The Balaban J connectivity index is 1.93. The standard InChI is InChI=1S/C10H18N4O/c1-11-6-5-9-12-10(13-15-9)14-7-3-2-4-8-14/h11H,2-8H2,1H3. The van der Waals surface area contributed by atoms with Crippen LogP contribution < -0.4 is 10.2 Å². The van der Waals surface area contributed by atoms with Crippen LogP contribution in [0.5, 0.6) is 0 Å². The molecule has 1 aromatic heterocycles. The van der Waals surface area contributed by atoms with E-state index < -0.39 is 0 Å². The first-order chi connectivity index (χ1) is 7.40. The largest absolute Gasteiger partial charge is 0.338 e. The number of hydrogen-bond acceptors (Lipinski definition) is 5. The first-order valence-electron chi connectivity index (χ1n) is 5.62. The van der Waals surface area contributed by atoms with Crippen LogP contribution in [0.4, 0.5) is 5.95 Å². The van der Waals surface area contributed by atoms with Crippen molar-refractivity contribution >= 4 is 5.95 Å². The van der Waals surface area contributed by atoms with Crippen molar-refractivity contribution in [3.63, 3.8) is 0 Å². The zero-order chi connectivity index (χ0) is 10.5. The van der Waals surface area contributed by atoms with Crippen molar-refractivity contribution in [1.29, 1.82) is 0 Å². The van der Waals surface area contributed by atoms with E-state index >= 15 is 0 Å². The highest BCUT2D eigenvalue weighted by atomic mass is 16.5. The topological polar surface area (TPSA) is 54.2 Å². The highest BCUT2D eigenvalue weighted by Gasteiger charge is 2.16. The molecule has 5 heteroatoms. The van der Waals surface area contributed by atoms with E-state index in [1.165, 1.54) is 19.3 Å². The minimum Gasteiger partial charge on any atom is -0.338 e. The Morgan fingerprint density at radius 3 is 2.87 bits per heavy atom. The quantitative estimate of drug-likeness (QED) is 0.797. The van der Waals surface area contributed by atoms with Crippen LogP contribution in [0, 0.1) is 0 Å². The van der Waals surface area contributed by atoms with Gasteiger partial charge in [0.1, 0.15) is 0 Å². The van der Waals surface area contributed by atoms with Crippen LogP contribution in [0.1, 0.15) is 25.2 Å². The maximum atomic E-state index is 5.18. The van der Waals surface area contributed by atoms with Gasteiger partial charge in [-0.05, 0) is 31.5 Å². The van der Waals surface area contributed by atoms with Gasteiger partial charge in [-0.15, -0.1) is 0 Å². The van der Waals surface area contributed by atoms with E-state index in [0.717, 1.165) is 37.9 Å². The van der Waals surface area contributed by atoms with E-state index in [2.05, 4.69) is 20.4 Å². The average Bonchev–Trinajstić information content (AvgIpc) is 2.76. The highest BCUT2D eigenvalue weighted by molar-refractivity contribution is 5.27. The summed E-state index contributed by atoms with van der Waals surface area (Å²) in [5.74, 6) is 1.49. The molecule has 1 aliphatic rings. The van der Waals surface area contributed by atoms with Crippen molar-refractivity contribution in [3.8, 4) is 0 Å². The fourth-order valence-electron chi connectivity index (χ4n) is 1.80. The maximum Gasteiger partial charge on any atom is 0.266 e. The van der Waals surface area contributed by atoms with Crippen molar-refractivity contribution in [2.24, 2.45) is 0 Å². The van der Waals surface area contributed by atoms with Gasteiger partial charge in [-0.3, -0.25) is 0 Å². The molecule has 1 N–H and O–H groups in total. The molecule has 5 nitrogen and oxygen atoms in total. The van der Waals surface area contributed by atoms with E-state index in [4.69, 9.17) is 4.52 Å².